The van der Waals surface area contributed by atoms with Gasteiger partial charge in [-0.2, -0.15) is 5.26 Å². The summed E-state index contributed by atoms with van der Waals surface area (Å²) in [6.07, 6.45) is 7.56. The van der Waals surface area contributed by atoms with Crippen LogP contribution in [0.1, 0.15) is 57.8 Å². The van der Waals surface area contributed by atoms with E-state index in [1.165, 1.54) is 0 Å². The number of nitrogens with zero attached hydrogens (tertiary/aromatic N) is 2. The van der Waals surface area contributed by atoms with E-state index in [4.69, 9.17) is 0 Å². The zero-order valence-electron chi connectivity index (χ0n) is 16.9. The van der Waals surface area contributed by atoms with Crippen LogP contribution < -0.4 is 16.0 Å². The lowest BCUT2D eigenvalue weighted by molar-refractivity contribution is -0.142. The number of hydrogen-bond donors (Lipinski definition) is 3. The van der Waals surface area contributed by atoms with E-state index >= 15 is 0 Å². The minimum absolute atomic E-state index is 0.0432. The fourth-order valence-electron chi connectivity index (χ4n) is 5.07. The van der Waals surface area contributed by atoms with Crippen molar-refractivity contribution >= 4 is 17.7 Å². The van der Waals surface area contributed by atoms with Crippen LogP contribution in [0, 0.1) is 23.2 Å². The Bertz CT molecular complexity index is 708. The molecule has 1 spiro atoms. The van der Waals surface area contributed by atoms with Crippen molar-refractivity contribution in [2.75, 3.05) is 19.6 Å². The molecule has 3 heterocycles. The third-order valence-corrected chi connectivity index (χ3v) is 7.03. The molecule has 0 unspecified atom stereocenters. The molecule has 3 saturated heterocycles. The van der Waals surface area contributed by atoms with Crippen molar-refractivity contribution in [3.05, 3.63) is 0 Å². The monoisotopic (exact) mass is 401 g/mol. The lowest BCUT2D eigenvalue weighted by Crippen LogP contribution is -2.57. The summed E-state index contributed by atoms with van der Waals surface area (Å²) < 4.78 is 0. The molecule has 158 valence electrons. The van der Waals surface area contributed by atoms with Gasteiger partial charge in [0.1, 0.15) is 12.1 Å². The SMILES string of the molecule is N#C[C@H](C[C@@H]1CCNC1=O)NC(=O)[C@H](CC1CC1)N1CC[C@@]2(CCCCN2)C1=O. The summed E-state index contributed by atoms with van der Waals surface area (Å²) in [6.45, 7) is 2.05. The van der Waals surface area contributed by atoms with E-state index < -0.39 is 17.6 Å². The number of likely N-dealkylation sites (tertiary alicyclic amines) is 1. The van der Waals surface area contributed by atoms with Crippen LogP contribution in [0.4, 0.5) is 0 Å². The summed E-state index contributed by atoms with van der Waals surface area (Å²) in [4.78, 5) is 40.0. The average Bonchev–Trinajstić information content (AvgIpc) is 3.40. The van der Waals surface area contributed by atoms with E-state index in [1.807, 2.05) is 0 Å². The van der Waals surface area contributed by atoms with Gasteiger partial charge < -0.3 is 20.9 Å². The molecule has 3 aliphatic heterocycles. The van der Waals surface area contributed by atoms with Crippen LogP contribution in [0.3, 0.4) is 0 Å². The molecule has 0 aromatic rings. The van der Waals surface area contributed by atoms with Crippen LogP contribution in [0.2, 0.25) is 0 Å². The molecule has 0 aromatic heterocycles. The maximum Gasteiger partial charge on any atom is 0.243 e. The van der Waals surface area contributed by atoms with Gasteiger partial charge in [-0.05, 0) is 57.4 Å². The van der Waals surface area contributed by atoms with Gasteiger partial charge in [0.15, 0.2) is 0 Å². The Balaban J connectivity index is 1.43. The number of hydrogen-bond acceptors (Lipinski definition) is 5. The van der Waals surface area contributed by atoms with Gasteiger partial charge in [-0.3, -0.25) is 14.4 Å². The second-order valence-corrected chi connectivity index (χ2v) is 9.11. The van der Waals surface area contributed by atoms with Crippen LogP contribution in [-0.2, 0) is 14.4 Å². The van der Waals surface area contributed by atoms with Crippen LogP contribution in [0.25, 0.3) is 0 Å². The summed E-state index contributed by atoms with van der Waals surface area (Å²) in [5.74, 6) is -0.000623. The van der Waals surface area contributed by atoms with Gasteiger partial charge >= 0.3 is 0 Å². The largest absolute Gasteiger partial charge is 0.356 e. The second kappa shape index (κ2) is 8.31. The number of amides is 3. The van der Waals surface area contributed by atoms with E-state index in [2.05, 4.69) is 22.0 Å². The quantitative estimate of drug-likeness (QED) is 0.573. The van der Waals surface area contributed by atoms with Crippen molar-refractivity contribution in [2.45, 2.75) is 75.4 Å². The van der Waals surface area contributed by atoms with Crippen molar-refractivity contribution in [3.63, 3.8) is 0 Å². The second-order valence-electron chi connectivity index (χ2n) is 9.11. The van der Waals surface area contributed by atoms with Gasteiger partial charge in [-0.25, -0.2) is 0 Å². The minimum Gasteiger partial charge on any atom is -0.356 e. The first kappa shape index (κ1) is 20.1. The van der Waals surface area contributed by atoms with Crippen molar-refractivity contribution in [1.29, 1.82) is 5.26 Å². The maximum absolute atomic E-state index is 13.3. The molecule has 4 rings (SSSR count). The Kier molecular flexibility index (Phi) is 5.77. The smallest absolute Gasteiger partial charge is 0.243 e. The highest BCUT2D eigenvalue weighted by molar-refractivity contribution is 5.94. The molecule has 4 atom stereocenters. The Morgan fingerprint density at radius 3 is 2.66 bits per heavy atom. The molecule has 0 radical (unpaired) electrons. The zero-order chi connectivity index (χ0) is 20.4. The first-order chi connectivity index (χ1) is 14.0. The molecule has 1 saturated carbocycles. The third-order valence-electron chi connectivity index (χ3n) is 7.03. The fraction of sp³-hybridized carbons (Fsp3) is 0.810. The van der Waals surface area contributed by atoms with Crippen LogP contribution in [-0.4, -0.2) is 59.9 Å². The normalized spacial score (nSPS) is 31.4. The van der Waals surface area contributed by atoms with Crippen LogP contribution in [0.15, 0.2) is 0 Å². The van der Waals surface area contributed by atoms with Gasteiger partial charge in [0.2, 0.25) is 17.7 Å². The van der Waals surface area contributed by atoms with Gasteiger partial charge in [-0.1, -0.05) is 12.8 Å². The maximum atomic E-state index is 13.3. The van der Waals surface area contributed by atoms with Crippen molar-refractivity contribution in [2.24, 2.45) is 11.8 Å². The Morgan fingerprint density at radius 1 is 1.21 bits per heavy atom. The standard InChI is InChI=1S/C21H31N5O3/c22-13-16(12-15-5-9-23-18(15)27)25-19(28)17(11-14-3-4-14)26-10-7-21(20(26)29)6-1-2-8-24-21/h14-17,24H,1-12H2,(H,23,27)(H,25,28)/t15-,16-,17-,21-/m0/s1. The van der Waals surface area contributed by atoms with Crippen molar-refractivity contribution in [3.8, 4) is 6.07 Å². The highest BCUT2D eigenvalue weighted by atomic mass is 16.2. The Labute approximate surface area is 171 Å². The molecular weight excluding hydrogens is 370 g/mol. The fourth-order valence-corrected chi connectivity index (χ4v) is 5.07. The molecular formula is C21H31N5O3. The highest BCUT2D eigenvalue weighted by Gasteiger charge is 2.50. The van der Waals surface area contributed by atoms with E-state index in [1.54, 1.807) is 4.90 Å². The molecule has 8 heteroatoms. The highest BCUT2D eigenvalue weighted by Crippen LogP contribution is 2.38. The van der Waals surface area contributed by atoms with E-state index in [0.29, 0.717) is 38.3 Å². The molecule has 4 fully saturated rings. The Morgan fingerprint density at radius 2 is 2.03 bits per heavy atom. The average molecular weight is 402 g/mol. The zero-order valence-corrected chi connectivity index (χ0v) is 16.9. The number of rotatable bonds is 7. The number of piperidine rings is 1. The number of nitriles is 1. The molecule has 0 aromatic carbocycles. The summed E-state index contributed by atoms with van der Waals surface area (Å²) in [5, 5.41) is 18.6. The van der Waals surface area contributed by atoms with Crippen LogP contribution >= 0.6 is 0 Å². The predicted molar refractivity (Wildman–Crippen MR) is 105 cm³/mol. The van der Waals surface area contributed by atoms with Gasteiger partial charge in [0, 0.05) is 19.0 Å². The summed E-state index contributed by atoms with van der Waals surface area (Å²) in [5.41, 5.74) is -0.503. The molecule has 3 N–H and O–H groups in total. The topological polar surface area (TPSA) is 114 Å². The molecule has 0 bridgehead atoms. The first-order valence-electron chi connectivity index (χ1n) is 11.1. The molecule has 3 amide bonds. The van der Waals surface area contributed by atoms with Gasteiger partial charge in [-0.15, -0.1) is 0 Å². The molecule has 1 aliphatic carbocycles. The lowest BCUT2D eigenvalue weighted by Gasteiger charge is -2.35. The summed E-state index contributed by atoms with van der Waals surface area (Å²) in [7, 11) is 0. The Hall–Kier alpha value is -2.14. The molecule has 8 nitrogen and oxygen atoms in total. The lowest BCUT2D eigenvalue weighted by atomic mass is 9.87. The van der Waals surface area contributed by atoms with Gasteiger partial charge in [0.05, 0.1) is 11.6 Å². The minimum atomic E-state index is -0.711. The third kappa shape index (κ3) is 4.25. The van der Waals surface area contributed by atoms with Crippen molar-refractivity contribution < 1.29 is 14.4 Å². The number of carbonyl (C=O) groups is 3. The summed E-state index contributed by atoms with van der Waals surface area (Å²) >= 11 is 0. The molecule has 29 heavy (non-hydrogen) atoms. The first-order valence-corrected chi connectivity index (χ1v) is 11.1. The van der Waals surface area contributed by atoms with Crippen LogP contribution in [0.5, 0.6) is 0 Å². The van der Waals surface area contributed by atoms with E-state index in [0.717, 1.165) is 45.1 Å². The van der Waals surface area contributed by atoms with E-state index in [9.17, 15) is 19.6 Å². The van der Waals surface area contributed by atoms with E-state index in [-0.39, 0.29) is 23.6 Å². The van der Waals surface area contributed by atoms with Gasteiger partial charge in [0.25, 0.3) is 0 Å². The summed E-state index contributed by atoms with van der Waals surface area (Å²) in [6, 6.07) is 0.903. The molecule has 4 aliphatic rings. The number of carbonyl (C=O) groups excluding carboxylic acids is 3. The predicted octanol–water partition coefficient (Wildman–Crippen LogP) is 0.434. The number of nitrogens with one attached hydrogen (secondary N) is 3. The van der Waals surface area contributed by atoms with Crippen molar-refractivity contribution in [1.82, 2.24) is 20.9 Å².